The molecule has 0 spiro atoms. The number of nitrogens with zero attached hydrogens (tertiary/aromatic N) is 2. The van der Waals surface area contributed by atoms with Crippen LogP contribution in [-0.4, -0.2) is 56.6 Å². The first-order valence-corrected chi connectivity index (χ1v) is 8.14. The fourth-order valence-corrected chi connectivity index (χ4v) is 3.22. The Morgan fingerprint density at radius 2 is 1.90 bits per heavy atom. The first-order chi connectivity index (χ1) is 10.0. The second-order valence-corrected chi connectivity index (χ2v) is 6.66. The molecule has 3 nitrogen and oxygen atoms in total. The van der Waals surface area contributed by atoms with Crippen LogP contribution in [0.3, 0.4) is 0 Å². The van der Waals surface area contributed by atoms with Gasteiger partial charge in [-0.1, -0.05) is 18.2 Å². The van der Waals surface area contributed by atoms with Gasteiger partial charge in [-0.25, -0.2) is 0 Å². The Balaban J connectivity index is 1.99. The van der Waals surface area contributed by atoms with E-state index in [9.17, 15) is 0 Å². The molecule has 1 fully saturated rings. The first-order valence-electron chi connectivity index (χ1n) is 8.14. The standard InChI is InChI=1S/C18H31N3/c1-14-6-7-16(12-15(14)2)18(19-3)13-21(5)17-8-10-20(4)11-9-17/h6-7,12,17-19H,8-11,13H2,1-5H3. The summed E-state index contributed by atoms with van der Waals surface area (Å²) < 4.78 is 0. The number of likely N-dealkylation sites (N-methyl/N-ethyl adjacent to an activating group) is 2. The Kier molecular flexibility index (Phi) is 5.80. The topological polar surface area (TPSA) is 18.5 Å². The zero-order valence-corrected chi connectivity index (χ0v) is 14.3. The Bertz CT molecular complexity index is 450. The van der Waals surface area contributed by atoms with E-state index in [-0.39, 0.29) is 0 Å². The monoisotopic (exact) mass is 289 g/mol. The first kappa shape index (κ1) is 16.5. The normalized spacial score (nSPS) is 19.1. The van der Waals surface area contributed by atoms with E-state index in [2.05, 4.69) is 68.3 Å². The number of benzene rings is 1. The fraction of sp³-hybridized carbons (Fsp3) is 0.667. The molecule has 1 aliphatic rings. The van der Waals surface area contributed by atoms with Crippen LogP contribution in [0.15, 0.2) is 18.2 Å². The van der Waals surface area contributed by atoms with E-state index in [1.54, 1.807) is 0 Å². The number of nitrogens with one attached hydrogen (secondary N) is 1. The average molecular weight is 289 g/mol. The molecule has 1 aliphatic heterocycles. The molecule has 0 aromatic heterocycles. The van der Waals surface area contributed by atoms with Gasteiger partial charge in [0.2, 0.25) is 0 Å². The van der Waals surface area contributed by atoms with Crippen LogP contribution in [0.1, 0.15) is 35.6 Å². The highest BCUT2D eigenvalue weighted by Crippen LogP contribution is 2.21. The number of hydrogen-bond acceptors (Lipinski definition) is 3. The van der Waals surface area contributed by atoms with Gasteiger partial charge >= 0.3 is 0 Å². The van der Waals surface area contributed by atoms with Crippen LogP contribution in [0.4, 0.5) is 0 Å². The summed E-state index contributed by atoms with van der Waals surface area (Å²) in [5.74, 6) is 0. The second kappa shape index (κ2) is 7.39. The SMILES string of the molecule is CNC(CN(C)C1CCN(C)CC1)c1ccc(C)c(C)c1. The highest BCUT2D eigenvalue weighted by molar-refractivity contribution is 5.31. The zero-order chi connectivity index (χ0) is 15.4. The lowest BCUT2D eigenvalue weighted by molar-refractivity contribution is 0.135. The summed E-state index contributed by atoms with van der Waals surface area (Å²) in [7, 11) is 6.57. The van der Waals surface area contributed by atoms with Gasteiger partial charge in [-0.3, -0.25) is 0 Å². The summed E-state index contributed by atoms with van der Waals surface area (Å²) in [5, 5.41) is 3.49. The van der Waals surface area contributed by atoms with Crippen LogP contribution in [-0.2, 0) is 0 Å². The summed E-state index contributed by atoms with van der Waals surface area (Å²) in [6.45, 7) is 7.91. The summed E-state index contributed by atoms with van der Waals surface area (Å²) in [6, 6.07) is 7.98. The maximum Gasteiger partial charge on any atom is 0.0446 e. The number of hydrogen-bond donors (Lipinski definition) is 1. The lowest BCUT2D eigenvalue weighted by Gasteiger charge is -2.36. The average Bonchev–Trinajstić information content (AvgIpc) is 2.48. The molecule has 1 saturated heterocycles. The molecule has 0 amide bonds. The third kappa shape index (κ3) is 4.29. The fourth-order valence-electron chi connectivity index (χ4n) is 3.22. The highest BCUT2D eigenvalue weighted by atomic mass is 15.2. The smallest absolute Gasteiger partial charge is 0.0446 e. The third-order valence-corrected chi connectivity index (χ3v) is 5.06. The Morgan fingerprint density at radius 3 is 2.48 bits per heavy atom. The third-order valence-electron chi connectivity index (χ3n) is 5.06. The molecule has 118 valence electrons. The van der Waals surface area contributed by atoms with Crippen molar-refractivity contribution in [3.8, 4) is 0 Å². The second-order valence-electron chi connectivity index (χ2n) is 6.66. The molecular weight excluding hydrogens is 258 g/mol. The maximum absolute atomic E-state index is 3.49. The van der Waals surface area contributed by atoms with E-state index in [0.717, 1.165) is 12.6 Å². The summed E-state index contributed by atoms with van der Waals surface area (Å²) in [6.07, 6.45) is 2.58. The van der Waals surface area contributed by atoms with Gasteiger partial charge in [0.1, 0.15) is 0 Å². The minimum Gasteiger partial charge on any atom is -0.312 e. The number of rotatable bonds is 5. The molecule has 1 heterocycles. The van der Waals surface area contributed by atoms with E-state index in [4.69, 9.17) is 0 Å². The number of piperidine rings is 1. The van der Waals surface area contributed by atoms with Gasteiger partial charge in [0.05, 0.1) is 0 Å². The predicted molar refractivity (Wildman–Crippen MR) is 90.9 cm³/mol. The van der Waals surface area contributed by atoms with Crippen molar-refractivity contribution >= 4 is 0 Å². The molecular formula is C18H31N3. The molecule has 0 radical (unpaired) electrons. The van der Waals surface area contributed by atoms with Crippen molar-refractivity contribution in [3.63, 3.8) is 0 Å². The molecule has 0 bridgehead atoms. The number of aryl methyl sites for hydroxylation is 2. The minimum atomic E-state index is 0.411. The van der Waals surface area contributed by atoms with E-state index in [1.807, 2.05) is 0 Å². The van der Waals surface area contributed by atoms with Crippen LogP contribution in [0.2, 0.25) is 0 Å². The maximum atomic E-state index is 3.49. The molecule has 1 N–H and O–H groups in total. The van der Waals surface area contributed by atoms with E-state index in [0.29, 0.717) is 6.04 Å². The summed E-state index contributed by atoms with van der Waals surface area (Å²) >= 11 is 0. The molecule has 1 aromatic rings. The van der Waals surface area contributed by atoms with Gasteiger partial charge in [0.15, 0.2) is 0 Å². The highest BCUT2D eigenvalue weighted by Gasteiger charge is 2.22. The van der Waals surface area contributed by atoms with Crippen LogP contribution in [0, 0.1) is 13.8 Å². The quantitative estimate of drug-likeness (QED) is 0.899. The molecule has 1 aromatic carbocycles. The number of likely N-dealkylation sites (tertiary alicyclic amines) is 1. The van der Waals surface area contributed by atoms with E-state index < -0.39 is 0 Å². The molecule has 2 rings (SSSR count). The molecule has 0 aliphatic carbocycles. The van der Waals surface area contributed by atoms with Gasteiger partial charge in [0, 0.05) is 18.6 Å². The van der Waals surface area contributed by atoms with E-state index >= 15 is 0 Å². The molecule has 21 heavy (non-hydrogen) atoms. The van der Waals surface area contributed by atoms with Crippen molar-refractivity contribution in [1.82, 2.24) is 15.1 Å². The minimum absolute atomic E-state index is 0.411. The predicted octanol–water partition coefficient (Wildman–Crippen LogP) is 2.59. The van der Waals surface area contributed by atoms with Gasteiger partial charge in [0.25, 0.3) is 0 Å². The van der Waals surface area contributed by atoms with Gasteiger partial charge in [-0.2, -0.15) is 0 Å². The van der Waals surface area contributed by atoms with Gasteiger partial charge < -0.3 is 15.1 Å². The lowest BCUT2D eigenvalue weighted by Crippen LogP contribution is -2.44. The van der Waals surface area contributed by atoms with Crippen LogP contribution >= 0.6 is 0 Å². The summed E-state index contributed by atoms with van der Waals surface area (Å²) in [4.78, 5) is 4.98. The van der Waals surface area contributed by atoms with Crippen LogP contribution in [0.25, 0.3) is 0 Å². The van der Waals surface area contributed by atoms with Crippen molar-refractivity contribution in [3.05, 3.63) is 34.9 Å². The largest absolute Gasteiger partial charge is 0.312 e. The Morgan fingerprint density at radius 1 is 1.24 bits per heavy atom. The van der Waals surface area contributed by atoms with Gasteiger partial charge in [-0.15, -0.1) is 0 Å². The molecule has 3 heteroatoms. The van der Waals surface area contributed by atoms with E-state index in [1.165, 1.54) is 42.6 Å². The Hall–Kier alpha value is -0.900. The molecule has 1 atom stereocenters. The van der Waals surface area contributed by atoms with Crippen molar-refractivity contribution < 1.29 is 0 Å². The molecule has 1 unspecified atom stereocenters. The van der Waals surface area contributed by atoms with Crippen molar-refractivity contribution in [2.24, 2.45) is 0 Å². The van der Waals surface area contributed by atoms with Crippen LogP contribution in [0.5, 0.6) is 0 Å². The summed E-state index contributed by atoms with van der Waals surface area (Å²) in [5.41, 5.74) is 4.16. The van der Waals surface area contributed by atoms with Gasteiger partial charge in [-0.05, 0) is 77.6 Å². The van der Waals surface area contributed by atoms with Crippen LogP contribution < -0.4 is 5.32 Å². The zero-order valence-electron chi connectivity index (χ0n) is 14.3. The van der Waals surface area contributed by atoms with Crippen molar-refractivity contribution in [2.45, 2.75) is 38.8 Å². The van der Waals surface area contributed by atoms with Crippen molar-refractivity contribution in [2.75, 3.05) is 40.8 Å². The van der Waals surface area contributed by atoms with Crippen molar-refractivity contribution in [1.29, 1.82) is 0 Å². The Labute approximate surface area is 130 Å². The lowest BCUT2D eigenvalue weighted by atomic mass is 9.99. The molecule has 0 saturated carbocycles.